The van der Waals surface area contributed by atoms with Gasteiger partial charge in [-0.05, 0) is 12.8 Å². The summed E-state index contributed by atoms with van der Waals surface area (Å²) >= 11 is 4.70. The molecule has 9 heavy (non-hydrogen) atoms. The van der Waals surface area contributed by atoms with Crippen LogP contribution in [0.3, 0.4) is 0 Å². The van der Waals surface area contributed by atoms with Gasteiger partial charge < -0.3 is 0 Å². The molecule has 0 N–H and O–H groups in total. The Morgan fingerprint density at radius 1 is 1.44 bits per heavy atom. The van der Waals surface area contributed by atoms with Crippen LogP contribution in [0.4, 0.5) is 0 Å². The summed E-state index contributed by atoms with van der Waals surface area (Å²) in [5.41, 5.74) is 0. The Kier molecular flexibility index (Phi) is 2.60. The lowest BCUT2D eigenvalue weighted by molar-refractivity contribution is 0.949. The number of allylic oxidation sites excluding steroid dienone is 1. The lowest BCUT2D eigenvalue weighted by Gasteiger charge is -2.10. The minimum absolute atomic E-state index is 0.744. The van der Waals surface area contributed by atoms with Gasteiger partial charge in [0.15, 0.2) is 0 Å². The van der Waals surface area contributed by atoms with Crippen LogP contribution in [0.15, 0.2) is 12.7 Å². The third-order valence-electron chi connectivity index (χ3n) is 1.87. The van der Waals surface area contributed by atoms with Crippen LogP contribution in [0.2, 0.25) is 0 Å². The SMILES string of the molecule is C=CC[P+]1(S)CCCC1. The Bertz CT molecular complexity index is 105. The first-order valence-electron chi connectivity index (χ1n) is 3.47. The summed E-state index contributed by atoms with van der Waals surface area (Å²) in [4.78, 5) is 0. The van der Waals surface area contributed by atoms with Crippen molar-refractivity contribution < 1.29 is 0 Å². The van der Waals surface area contributed by atoms with Crippen molar-refractivity contribution in [1.82, 2.24) is 0 Å². The molecule has 1 aliphatic heterocycles. The van der Waals surface area contributed by atoms with E-state index in [0.717, 1.165) is 0 Å². The summed E-state index contributed by atoms with van der Waals surface area (Å²) in [6.07, 6.45) is 8.82. The second-order valence-corrected chi connectivity index (χ2v) is 8.72. The Hall–Kier alpha value is 0.520. The van der Waals surface area contributed by atoms with E-state index in [4.69, 9.17) is 12.2 Å². The van der Waals surface area contributed by atoms with Crippen molar-refractivity contribution >= 4 is 18.7 Å². The molecule has 1 rings (SSSR count). The summed E-state index contributed by atoms with van der Waals surface area (Å²) in [7, 11) is 0. The van der Waals surface area contributed by atoms with E-state index in [1.165, 1.54) is 31.3 Å². The molecule has 52 valence electrons. The Morgan fingerprint density at radius 3 is 2.44 bits per heavy atom. The Labute approximate surface area is 63.2 Å². The predicted octanol–water partition coefficient (Wildman–Crippen LogP) is 2.83. The van der Waals surface area contributed by atoms with E-state index in [9.17, 15) is 0 Å². The fourth-order valence-corrected chi connectivity index (χ4v) is 5.24. The summed E-state index contributed by atoms with van der Waals surface area (Å²) in [5, 5.41) is 0. The Balaban J connectivity index is 2.40. The molecule has 0 amide bonds. The van der Waals surface area contributed by atoms with Gasteiger partial charge in [-0.15, -0.1) is 0 Å². The van der Waals surface area contributed by atoms with Gasteiger partial charge >= 0.3 is 0 Å². The smallest absolute Gasteiger partial charge is 0.0872 e. The quantitative estimate of drug-likeness (QED) is 0.359. The maximum Gasteiger partial charge on any atom is 0.0872 e. The molecular formula is C7H14PS+. The second-order valence-electron chi connectivity index (χ2n) is 2.72. The molecule has 0 aromatic carbocycles. The normalized spacial score (nSPS) is 24.1. The largest absolute Gasteiger partial charge is 0.0995 e. The lowest BCUT2D eigenvalue weighted by Crippen LogP contribution is -1.89. The zero-order valence-corrected chi connectivity index (χ0v) is 7.50. The van der Waals surface area contributed by atoms with Crippen molar-refractivity contribution in [3.05, 3.63) is 12.7 Å². The lowest BCUT2D eigenvalue weighted by atomic mass is 10.4. The fraction of sp³-hybridized carbons (Fsp3) is 0.714. The van der Waals surface area contributed by atoms with Crippen molar-refractivity contribution in [2.45, 2.75) is 12.8 Å². The first kappa shape index (κ1) is 7.63. The first-order chi connectivity index (χ1) is 4.27. The monoisotopic (exact) mass is 161 g/mol. The van der Waals surface area contributed by atoms with Crippen molar-refractivity contribution in [3.63, 3.8) is 0 Å². The van der Waals surface area contributed by atoms with Gasteiger partial charge in [-0.25, -0.2) is 0 Å². The van der Waals surface area contributed by atoms with E-state index in [1.807, 2.05) is 6.08 Å². The molecule has 2 heteroatoms. The molecule has 1 saturated heterocycles. The van der Waals surface area contributed by atoms with Crippen molar-refractivity contribution in [2.75, 3.05) is 18.5 Å². The van der Waals surface area contributed by atoms with E-state index >= 15 is 0 Å². The number of thiol groups is 1. The molecule has 0 aromatic heterocycles. The van der Waals surface area contributed by atoms with Crippen molar-refractivity contribution in [3.8, 4) is 0 Å². The van der Waals surface area contributed by atoms with Crippen LogP contribution in [0, 0.1) is 0 Å². The molecule has 0 nitrogen and oxygen atoms in total. The summed E-state index contributed by atoms with van der Waals surface area (Å²) in [6, 6.07) is 0. The highest BCUT2D eigenvalue weighted by Gasteiger charge is 2.35. The topological polar surface area (TPSA) is 0 Å². The molecule has 0 radical (unpaired) electrons. The third-order valence-corrected chi connectivity index (χ3v) is 6.79. The molecule has 0 aliphatic carbocycles. The van der Waals surface area contributed by atoms with Gasteiger partial charge in [0.25, 0.3) is 0 Å². The van der Waals surface area contributed by atoms with Crippen LogP contribution in [0.25, 0.3) is 0 Å². The third kappa shape index (κ3) is 1.98. The van der Waals surface area contributed by atoms with Gasteiger partial charge in [-0.3, -0.25) is 0 Å². The van der Waals surface area contributed by atoms with Crippen LogP contribution in [-0.2, 0) is 0 Å². The Morgan fingerprint density at radius 2 is 2.00 bits per heavy atom. The van der Waals surface area contributed by atoms with Crippen LogP contribution in [-0.4, -0.2) is 18.5 Å². The van der Waals surface area contributed by atoms with E-state index in [1.54, 1.807) is 0 Å². The summed E-state index contributed by atoms with van der Waals surface area (Å²) in [5.74, 6) is 0. The molecule has 1 fully saturated rings. The molecule has 1 heterocycles. The highest BCUT2D eigenvalue weighted by molar-refractivity contribution is 8.53. The molecule has 0 atom stereocenters. The van der Waals surface area contributed by atoms with Crippen LogP contribution in [0.1, 0.15) is 12.8 Å². The fourth-order valence-electron chi connectivity index (χ4n) is 1.35. The molecule has 1 aliphatic rings. The molecule has 0 aromatic rings. The molecule has 0 unspecified atom stereocenters. The van der Waals surface area contributed by atoms with Crippen LogP contribution >= 0.6 is 18.7 Å². The second kappa shape index (κ2) is 3.07. The minimum atomic E-state index is -0.744. The average Bonchev–Trinajstić information content (AvgIpc) is 2.16. The van der Waals surface area contributed by atoms with Gasteiger partial charge in [0.1, 0.15) is 0 Å². The average molecular weight is 161 g/mol. The predicted molar refractivity (Wildman–Crippen MR) is 49.9 cm³/mol. The first-order valence-corrected chi connectivity index (χ1v) is 6.96. The van der Waals surface area contributed by atoms with Crippen LogP contribution in [0.5, 0.6) is 0 Å². The van der Waals surface area contributed by atoms with Gasteiger partial charge in [-0.2, -0.15) is 0 Å². The van der Waals surface area contributed by atoms with E-state index in [-0.39, 0.29) is 0 Å². The summed E-state index contributed by atoms with van der Waals surface area (Å²) in [6.45, 7) is 3.00. The van der Waals surface area contributed by atoms with Crippen molar-refractivity contribution in [2.24, 2.45) is 0 Å². The minimum Gasteiger partial charge on any atom is -0.0995 e. The van der Waals surface area contributed by atoms with E-state index in [2.05, 4.69) is 6.58 Å². The highest BCUT2D eigenvalue weighted by atomic mass is 32.7. The molecular weight excluding hydrogens is 147 g/mol. The maximum atomic E-state index is 4.70. The molecule has 0 saturated carbocycles. The summed E-state index contributed by atoms with van der Waals surface area (Å²) < 4.78 is 0. The van der Waals surface area contributed by atoms with Crippen molar-refractivity contribution in [1.29, 1.82) is 0 Å². The maximum absolute atomic E-state index is 4.70. The van der Waals surface area contributed by atoms with E-state index in [0.29, 0.717) is 0 Å². The zero-order chi connectivity index (χ0) is 6.74. The van der Waals surface area contributed by atoms with Gasteiger partial charge in [-0.1, -0.05) is 12.7 Å². The van der Waals surface area contributed by atoms with Gasteiger partial charge in [0.2, 0.25) is 0 Å². The number of rotatable bonds is 2. The van der Waals surface area contributed by atoms with Crippen LogP contribution < -0.4 is 0 Å². The van der Waals surface area contributed by atoms with Gasteiger partial charge in [0, 0.05) is 12.2 Å². The van der Waals surface area contributed by atoms with E-state index < -0.39 is 6.46 Å². The highest BCUT2D eigenvalue weighted by Crippen LogP contribution is 2.67. The number of hydrogen-bond donors (Lipinski definition) is 1. The number of hydrogen-bond acceptors (Lipinski definition) is 1. The zero-order valence-electron chi connectivity index (χ0n) is 5.71. The molecule has 0 bridgehead atoms. The molecule has 0 spiro atoms. The standard InChI is InChI=1S/C7H14PS/c1-2-5-8(9)6-3-4-7-8/h2,9H,1,3-7H2/q+1. The van der Waals surface area contributed by atoms with Gasteiger partial charge in [0.05, 0.1) is 25.0 Å².